The van der Waals surface area contributed by atoms with E-state index in [0.717, 1.165) is 27.8 Å². The van der Waals surface area contributed by atoms with Crippen LogP contribution in [0.1, 0.15) is 17.5 Å². The monoisotopic (exact) mass is 546 g/mol. The molecule has 0 radical (unpaired) electrons. The van der Waals surface area contributed by atoms with Crippen LogP contribution >= 0.6 is 35.3 Å². The molecule has 2 saturated heterocycles. The third-order valence-corrected chi connectivity index (χ3v) is 10.8. The van der Waals surface area contributed by atoms with E-state index >= 15 is 0 Å². The van der Waals surface area contributed by atoms with Gasteiger partial charge < -0.3 is 24.2 Å². The van der Waals surface area contributed by atoms with Crippen LogP contribution in [-0.4, -0.2) is 81.3 Å². The van der Waals surface area contributed by atoms with Crippen molar-refractivity contribution in [3.8, 4) is 0 Å². The first-order chi connectivity index (χ1) is 17.6. The van der Waals surface area contributed by atoms with E-state index in [9.17, 15) is 5.11 Å². The predicted octanol–water partition coefficient (Wildman–Crippen LogP) is 4.47. The summed E-state index contributed by atoms with van der Waals surface area (Å²) in [5, 5.41) is 12.5. The quantitative estimate of drug-likeness (QED) is 0.520. The summed E-state index contributed by atoms with van der Waals surface area (Å²) in [5.74, 6) is 2.11. The molecule has 6 nitrogen and oxygen atoms in total. The average molecular weight is 547 g/mol. The van der Waals surface area contributed by atoms with Gasteiger partial charge in [-0.1, -0.05) is 72.4 Å². The average Bonchev–Trinajstić information content (AvgIpc) is 3.36. The van der Waals surface area contributed by atoms with Crippen LogP contribution in [-0.2, 0) is 27.4 Å². The molecule has 3 heterocycles. The summed E-state index contributed by atoms with van der Waals surface area (Å²) in [4.78, 5) is 7.01. The Hall–Kier alpha value is -1.20. The molecule has 1 N–H and O–H groups in total. The van der Waals surface area contributed by atoms with Crippen LogP contribution in [0.2, 0.25) is 0 Å². The Kier molecular flexibility index (Phi) is 9.22. The highest BCUT2D eigenvalue weighted by Crippen LogP contribution is 2.43. The Bertz CT molecular complexity index is 991. The Morgan fingerprint density at radius 2 is 1.53 bits per heavy atom. The Balaban J connectivity index is 1.43. The van der Waals surface area contributed by atoms with Gasteiger partial charge in [-0.25, -0.2) is 0 Å². The standard InChI is InChI=1S/C27H34N2O4S3/c1-29(2)27-28-20-22(31-16-18-10-5-3-6-11-18)24(32-17-19-12-7-4-8-13-19)23(33-25(20)36-27)21(30)26-34-14-9-15-35-26/h3-8,10-13,20-26,30H,9,14-17H2,1-2H3. The van der Waals surface area contributed by atoms with E-state index in [2.05, 4.69) is 24.3 Å². The third-order valence-electron chi connectivity index (χ3n) is 6.46. The number of rotatable bonds is 8. The van der Waals surface area contributed by atoms with Gasteiger partial charge in [-0.05, 0) is 29.1 Å². The van der Waals surface area contributed by atoms with Gasteiger partial charge in [0.05, 0.1) is 17.8 Å². The summed E-state index contributed by atoms with van der Waals surface area (Å²) < 4.78 is 19.9. The minimum Gasteiger partial charge on any atom is -0.388 e. The molecule has 0 amide bonds. The highest BCUT2D eigenvalue weighted by Gasteiger charge is 2.54. The van der Waals surface area contributed by atoms with Crippen LogP contribution in [0.15, 0.2) is 65.7 Å². The molecule has 9 heteroatoms. The van der Waals surface area contributed by atoms with Crippen LogP contribution in [0.5, 0.6) is 0 Å². The second kappa shape index (κ2) is 12.6. The molecule has 3 aliphatic heterocycles. The van der Waals surface area contributed by atoms with E-state index in [1.54, 1.807) is 11.8 Å². The van der Waals surface area contributed by atoms with Crippen molar-refractivity contribution in [2.24, 2.45) is 4.99 Å². The molecule has 2 aromatic carbocycles. The molecule has 2 fully saturated rings. The molecule has 0 saturated carbocycles. The first kappa shape index (κ1) is 26.4. The predicted molar refractivity (Wildman–Crippen MR) is 151 cm³/mol. The smallest absolute Gasteiger partial charge is 0.161 e. The Labute approximate surface area is 226 Å². The van der Waals surface area contributed by atoms with E-state index in [1.165, 1.54) is 6.42 Å². The highest BCUT2D eigenvalue weighted by molar-refractivity contribution is 8.17. The zero-order valence-electron chi connectivity index (χ0n) is 20.6. The molecule has 0 bridgehead atoms. The van der Waals surface area contributed by atoms with Gasteiger partial charge in [-0.2, -0.15) is 0 Å². The van der Waals surface area contributed by atoms with Gasteiger partial charge in [0.25, 0.3) is 0 Å². The normalized spacial score (nSPS) is 29.4. The maximum absolute atomic E-state index is 11.6. The van der Waals surface area contributed by atoms with Crippen LogP contribution < -0.4 is 0 Å². The maximum atomic E-state index is 11.6. The van der Waals surface area contributed by atoms with Crippen molar-refractivity contribution in [3.63, 3.8) is 0 Å². The van der Waals surface area contributed by atoms with Crippen molar-refractivity contribution in [2.75, 3.05) is 25.6 Å². The number of thioether (sulfide) groups is 3. The van der Waals surface area contributed by atoms with Crippen molar-refractivity contribution in [2.45, 2.75) is 60.1 Å². The number of aliphatic hydroxyl groups excluding tert-OH is 1. The lowest BCUT2D eigenvalue weighted by molar-refractivity contribution is -0.218. The fraction of sp³-hybridized carbons (Fsp3) is 0.519. The number of ether oxygens (including phenoxy) is 3. The van der Waals surface area contributed by atoms with Crippen molar-refractivity contribution < 1.29 is 19.3 Å². The molecule has 194 valence electrons. The number of benzene rings is 2. The van der Waals surface area contributed by atoms with E-state index in [0.29, 0.717) is 13.2 Å². The summed E-state index contributed by atoms with van der Waals surface area (Å²) in [7, 11) is 3.99. The van der Waals surface area contributed by atoms with Crippen molar-refractivity contribution in [1.29, 1.82) is 0 Å². The minimum absolute atomic E-state index is 0.0542. The van der Waals surface area contributed by atoms with E-state index in [4.69, 9.17) is 19.2 Å². The lowest BCUT2D eigenvalue weighted by Gasteiger charge is -2.45. The van der Waals surface area contributed by atoms with Gasteiger partial charge in [0.2, 0.25) is 0 Å². The second-order valence-electron chi connectivity index (χ2n) is 9.36. The summed E-state index contributed by atoms with van der Waals surface area (Å²) >= 11 is 5.24. The molecule has 36 heavy (non-hydrogen) atoms. The molecule has 6 unspecified atom stereocenters. The number of aliphatic hydroxyl groups is 1. The third kappa shape index (κ3) is 6.26. The minimum atomic E-state index is -0.672. The van der Waals surface area contributed by atoms with E-state index in [1.807, 2.05) is 78.9 Å². The number of aliphatic imine (C=N–C) groups is 1. The SMILES string of the molecule is CN(C)C1=NC2C(OC(C(O)C3SCCCS3)C(OCc3ccccc3)C2OCc2ccccc2)S1. The van der Waals surface area contributed by atoms with Crippen molar-refractivity contribution in [1.82, 2.24) is 4.90 Å². The van der Waals surface area contributed by atoms with Gasteiger partial charge in [0, 0.05) is 14.1 Å². The Morgan fingerprint density at radius 1 is 0.944 bits per heavy atom. The molecule has 0 spiro atoms. The van der Waals surface area contributed by atoms with Gasteiger partial charge in [-0.15, -0.1) is 23.5 Å². The first-order valence-corrected chi connectivity index (χ1v) is 15.4. The summed E-state index contributed by atoms with van der Waals surface area (Å²) in [5.41, 5.74) is 1.95. The Morgan fingerprint density at radius 3 is 2.11 bits per heavy atom. The largest absolute Gasteiger partial charge is 0.388 e. The molecule has 0 aromatic heterocycles. The summed E-state index contributed by atoms with van der Waals surface area (Å²) in [6.07, 6.45) is -0.826. The van der Waals surface area contributed by atoms with Gasteiger partial charge in [0.15, 0.2) is 5.17 Å². The summed E-state index contributed by atoms with van der Waals surface area (Å²) in [6.45, 7) is 0.871. The van der Waals surface area contributed by atoms with Gasteiger partial charge in [0.1, 0.15) is 35.9 Å². The van der Waals surface area contributed by atoms with Crippen molar-refractivity contribution >= 4 is 40.5 Å². The fourth-order valence-corrected chi connectivity index (χ4v) is 8.69. The van der Waals surface area contributed by atoms with Crippen LogP contribution in [0, 0.1) is 0 Å². The first-order valence-electron chi connectivity index (χ1n) is 12.4. The van der Waals surface area contributed by atoms with Gasteiger partial charge in [-0.3, -0.25) is 4.99 Å². The second-order valence-corrected chi connectivity index (χ2v) is 13.2. The topological polar surface area (TPSA) is 63.5 Å². The van der Waals surface area contributed by atoms with Gasteiger partial charge >= 0.3 is 0 Å². The zero-order valence-corrected chi connectivity index (χ0v) is 23.1. The number of fused-ring (bicyclic) bond motifs is 1. The number of hydrogen-bond donors (Lipinski definition) is 1. The van der Waals surface area contributed by atoms with Crippen LogP contribution in [0.25, 0.3) is 0 Å². The van der Waals surface area contributed by atoms with Crippen LogP contribution in [0.4, 0.5) is 0 Å². The lowest BCUT2D eigenvalue weighted by Crippen LogP contribution is -2.61. The highest BCUT2D eigenvalue weighted by atomic mass is 32.2. The molecule has 0 aliphatic carbocycles. The maximum Gasteiger partial charge on any atom is 0.161 e. The fourth-order valence-electron chi connectivity index (χ4n) is 4.61. The van der Waals surface area contributed by atoms with Crippen molar-refractivity contribution in [3.05, 3.63) is 71.8 Å². The molecular formula is C27H34N2O4S3. The molecule has 5 rings (SSSR count). The molecule has 3 aliphatic rings. The number of hydrogen-bond acceptors (Lipinski definition) is 9. The number of amidine groups is 1. The molecule has 6 atom stereocenters. The zero-order chi connectivity index (χ0) is 24.9. The lowest BCUT2D eigenvalue weighted by atomic mass is 9.94. The number of nitrogens with zero attached hydrogens (tertiary/aromatic N) is 2. The van der Waals surface area contributed by atoms with E-state index < -0.39 is 18.3 Å². The molecular weight excluding hydrogens is 513 g/mol. The van der Waals surface area contributed by atoms with E-state index in [-0.39, 0.29) is 22.2 Å². The van der Waals surface area contributed by atoms with Crippen LogP contribution in [0.3, 0.4) is 0 Å². The summed E-state index contributed by atoms with van der Waals surface area (Å²) in [6, 6.07) is 20.1. The molecule has 2 aromatic rings.